The molecule has 5 rings (SSSR count). The number of thiazole rings is 1. The first-order valence-electron chi connectivity index (χ1n) is 13.1. The molecule has 1 atom stereocenters. The summed E-state index contributed by atoms with van der Waals surface area (Å²) in [6.45, 7) is 6.06. The van der Waals surface area contributed by atoms with Crippen molar-refractivity contribution in [3.63, 3.8) is 0 Å². The second kappa shape index (κ2) is 12.3. The lowest BCUT2D eigenvalue weighted by Crippen LogP contribution is -2.40. The Kier molecular flexibility index (Phi) is 8.56. The second-order valence-electron chi connectivity index (χ2n) is 9.48. The number of hydrogen-bond donors (Lipinski definition) is 0. The van der Waals surface area contributed by atoms with Crippen molar-refractivity contribution in [3.05, 3.63) is 124 Å². The molecule has 41 heavy (non-hydrogen) atoms. The van der Waals surface area contributed by atoms with Crippen LogP contribution < -0.4 is 24.4 Å². The van der Waals surface area contributed by atoms with Crippen LogP contribution in [0.1, 0.15) is 42.1 Å². The van der Waals surface area contributed by atoms with E-state index in [1.54, 1.807) is 25.5 Å². The van der Waals surface area contributed by atoms with E-state index in [2.05, 4.69) is 20.9 Å². The van der Waals surface area contributed by atoms with Crippen LogP contribution in [0.15, 0.2) is 92.3 Å². The normalized spacial score (nSPS) is 14.9. The average Bonchev–Trinajstić information content (AvgIpc) is 3.27. The fourth-order valence-corrected chi connectivity index (χ4v) is 6.03. The van der Waals surface area contributed by atoms with Crippen LogP contribution in [0.25, 0.3) is 6.08 Å². The van der Waals surface area contributed by atoms with Gasteiger partial charge in [-0.05, 0) is 67.8 Å². The number of aryl methyl sites for hydroxylation is 1. The van der Waals surface area contributed by atoms with Gasteiger partial charge in [-0.25, -0.2) is 9.79 Å². The molecule has 0 aliphatic carbocycles. The van der Waals surface area contributed by atoms with Crippen LogP contribution in [0.2, 0.25) is 0 Å². The largest absolute Gasteiger partial charge is 0.496 e. The number of hydrogen-bond acceptors (Lipinski definition) is 7. The van der Waals surface area contributed by atoms with Crippen molar-refractivity contribution in [2.24, 2.45) is 4.99 Å². The van der Waals surface area contributed by atoms with Crippen LogP contribution >= 0.6 is 27.3 Å². The molecule has 0 saturated heterocycles. The van der Waals surface area contributed by atoms with E-state index in [9.17, 15) is 9.59 Å². The first kappa shape index (κ1) is 28.6. The number of fused-ring (bicyclic) bond motifs is 1. The van der Waals surface area contributed by atoms with Crippen molar-refractivity contribution in [3.8, 4) is 11.5 Å². The van der Waals surface area contributed by atoms with Crippen LogP contribution in [0.4, 0.5) is 0 Å². The molecular formula is C32H29BrN2O5S. The summed E-state index contributed by atoms with van der Waals surface area (Å²) in [4.78, 5) is 32.4. The van der Waals surface area contributed by atoms with Gasteiger partial charge in [0.1, 0.15) is 18.1 Å². The molecule has 4 aromatic rings. The third kappa shape index (κ3) is 5.92. The third-order valence-electron chi connectivity index (χ3n) is 6.78. The van der Waals surface area contributed by atoms with Gasteiger partial charge in [-0.15, -0.1) is 0 Å². The summed E-state index contributed by atoms with van der Waals surface area (Å²) >= 11 is 4.73. The van der Waals surface area contributed by atoms with Gasteiger partial charge in [-0.3, -0.25) is 9.36 Å². The monoisotopic (exact) mass is 632 g/mol. The van der Waals surface area contributed by atoms with Crippen molar-refractivity contribution in [1.29, 1.82) is 0 Å². The lowest BCUT2D eigenvalue weighted by atomic mass is 9.95. The second-order valence-corrected chi connectivity index (χ2v) is 11.4. The zero-order valence-corrected chi connectivity index (χ0v) is 25.5. The quantitative estimate of drug-likeness (QED) is 0.241. The standard InChI is InChI=1S/C32H29BrN2O5S/c1-5-39-31(37)28-20(3)34-32-35(29(28)23-13-10-19(2)26(16-23)38-4)30(36)27(41-32)17-22-8-6-7-9-25(22)40-18-21-11-14-24(33)15-12-21/h6-17,29H,5,18H2,1-4H3/b27-17+/t29-/m1/s1. The van der Waals surface area contributed by atoms with Gasteiger partial charge < -0.3 is 14.2 Å². The highest BCUT2D eigenvalue weighted by Crippen LogP contribution is 2.33. The van der Waals surface area contributed by atoms with Crippen molar-refractivity contribution in [2.75, 3.05) is 13.7 Å². The minimum Gasteiger partial charge on any atom is -0.496 e. The number of rotatable bonds is 8. The Balaban J connectivity index is 1.61. The number of para-hydroxylation sites is 1. The molecule has 0 spiro atoms. The smallest absolute Gasteiger partial charge is 0.338 e. The molecule has 7 nitrogen and oxygen atoms in total. The van der Waals surface area contributed by atoms with Gasteiger partial charge in [0.2, 0.25) is 0 Å². The van der Waals surface area contributed by atoms with Crippen LogP contribution in [0.5, 0.6) is 11.5 Å². The molecule has 9 heteroatoms. The number of carbonyl (C=O) groups is 1. The minimum absolute atomic E-state index is 0.209. The average molecular weight is 634 g/mol. The molecule has 0 fully saturated rings. The Morgan fingerprint density at radius 2 is 1.83 bits per heavy atom. The van der Waals surface area contributed by atoms with Crippen LogP contribution in [-0.4, -0.2) is 24.3 Å². The van der Waals surface area contributed by atoms with Gasteiger partial charge in [0, 0.05) is 10.0 Å². The molecule has 0 bridgehead atoms. The Morgan fingerprint density at radius 1 is 1.07 bits per heavy atom. The number of methoxy groups -OCH3 is 1. The zero-order chi connectivity index (χ0) is 29.1. The number of aromatic nitrogens is 1. The summed E-state index contributed by atoms with van der Waals surface area (Å²) in [6, 6.07) is 20.5. The van der Waals surface area contributed by atoms with Gasteiger partial charge in [-0.2, -0.15) is 0 Å². The van der Waals surface area contributed by atoms with Crippen LogP contribution in [0.3, 0.4) is 0 Å². The Morgan fingerprint density at radius 3 is 2.56 bits per heavy atom. The van der Waals surface area contributed by atoms with E-state index >= 15 is 0 Å². The predicted octanol–water partition coefficient (Wildman–Crippen LogP) is 5.46. The number of esters is 1. The highest BCUT2D eigenvalue weighted by molar-refractivity contribution is 9.10. The molecule has 210 valence electrons. The van der Waals surface area contributed by atoms with E-state index in [1.807, 2.05) is 79.7 Å². The van der Waals surface area contributed by atoms with Crippen molar-refractivity contribution in [1.82, 2.24) is 4.57 Å². The lowest BCUT2D eigenvalue weighted by Gasteiger charge is -2.25. The van der Waals surface area contributed by atoms with Gasteiger partial charge >= 0.3 is 5.97 Å². The van der Waals surface area contributed by atoms with Crippen LogP contribution in [-0.2, 0) is 16.1 Å². The maximum Gasteiger partial charge on any atom is 0.338 e. The fraction of sp³-hybridized carbons (Fsp3) is 0.219. The SMILES string of the molecule is CCOC(=O)C1=C(C)N=c2s/c(=C/c3ccccc3OCc3ccc(Br)cc3)c(=O)n2[C@@H]1c1ccc(C)c(OC)c1. The number of carbonyl (C=O) groups excluding carboxylic acids is 1. The number of allylic oxidation sites excluding steroid dienone is 1. The molecule has 0 radical (unpaired) electrons. The van der Waals surface area contributed by atoms with Gasteiger partial charge in [-0.1, -0.05) is 69.7 Å². The summed E-state index contributed by atoms with van der Waals surface area (Å²) in [5.74, 6) is 0.822. The summed E-state index contributed by atoms with van der Waals surface area (Å²) in [5.41, 5.74) is 4.06. The maximum absolute atomic E-state index is 14.0. The molecule has 2 heterocycles. The summed E-state index contributed by atoms with van der Waals surface area (Å²) in [6.07, 6.45) is 1.82. The molecule has 0 saturated carbocycles. The number of ether oxygens (including phenoxy) is 3. The number of halogens is 1. The lowest BCUT2D eigenvalue weighted by molar-refractivity contribution is -0.139. The number of nitrogens with zero attached hydrogens (tertiary/aromatic N) is 2. The first-order valence-corrected chi connectivity index (χ1v) is 14.7. The first-order chi connectivity index (χ1) is 19.8. The number of benzene rings is 3. The fourth-order valence-electron chi connectivity index (χ4n) is 4.73. The molecule has 0 N–H and O–H groups in total. The zero-order valence-electron chi connectivity index (χ0n) is 23.1. The van der Waals surface area contributed by atoms with Gasteiger partial charge in [0.05, 0.1) is 35.6 Å². The van der Waals surface area contributed by atoms with E-state index in [4.69, 9.17) is 14.2 Å². The van der Waals surface area contributed by atoms with Crippen molar-refractivity contribution in [2.45, 2.75) is 33.4 Å². The van der Waals surface area contributed by atoms with Crippen molar-refractivity contribution < 1.29 is 19.0 Å². The molecule has 1 aromatic heterocycles. The highest BCUT2D eigenvalue weighted by atomic mass is 79.9. The Hall–Kier alpha value is -3.95. The topological polar surface area (TPSA) is 79.1 Å². The van der Waals surface area contributed by atoms with E-state index < -0.39 is 12.0 Å². The molecule has 1 aliphatic heterocycles. The predicted molar refractivity (Wildman–Crippen MR) is 163 cm³/mol. The third-order valence-corrected chi connectivity index (χ3v) is 8.29. The Bertz CT molecular complexity index is 1820. The highest BCUT2D eigenvalue weighted by Gasteiger charge is 2.33. The van der Waals surface area contributed by atoms with Gasteiger partial charge in [0.25, 0.3) is 5.56 Å². The summed E-state index contributed by atoms with van der Waals surface area (Å²) in [7, 11) is 1.60. The molecule has 1 aliphatic rings. The summed E-state index contributed by atoms with van der Waals surface area (Å²) in [5, 5.41) is 0. The molecule has 0 amide bonds. The van der Waals surface area contributed by atoms with Gasteiger partial charge in [0.15, 0.2) is 4.80 Å². The summed E-state index contributed by atoms with van der Waals surface area (Å²) < 4.78 is 20.2. The van der Waals surface area contributed by atoms with E-state index in [0.29, 0.717) is 38.7 Å². The molecule has 3 aromatic carbocycles. The maximum atomic E-state index is 14.0. The van der Waals surface area contributed by atoms with E-state index in [-0.39, 0.29) is 12.2 Å². The van der Waals surface area contributed by atoms with Crippen molar-refractivity contribution >= 4 is 39.3 Å². The Labute approximate surface area is 250 Å². The van der Waals surface area contributed by atoms with E-state index in [1.165, 1.54) is 11.3 Å². The van der Waals surface area contributed by atoms with Crippen LogP contribution in [0, 0.1) is 6.92 Å². The minimum atomic E-state index is -0.717. The molecule has 0 unspecified atom stereocenters. The molecular weight excluding hydrogens is 604 g/mol. The van der Waals surface area contributed by atoms with E-state index in [0.717, 1.165) is 26.7 Å².